The Bertz CT molecular complexity index is 587. The summed E-state index contributed by atoms with van der Waals surface area (Å²) in [5.74, 6) is 0.826. The van der Waals surface area contributed by atoms with Gasteiger partial charge in [-0.1, -0.05) is 18.2 Å². The lowest BCUT2D eigenvalue weighted by Gasteiger charge is -2.08. The molecule has 0 radical (unpaired) electrons. The summed E-state index contributed by atoms with van der Waals surface area (Å²) in [6, 6.07) is 15.7. The molecule has 2 rings (SSSR count). The van der Waals surface area contributed by atoms with Gasteiger partial charge >= 0.3 is 0 Å². The second-order valence-corrected chi connectivity index (χ2v) is 4.67. The van der Waals surface area contributed by atoms with Crippen LogP contribution in [-0.2, 0) is 0 Å². The molecule has 0 fully saturated rings. The minimum atomic E-state index is 0.690. The van der Waals surface area contributed by atoms with E-state index in [0.717, 1.165) is 20.4 Å². The summed E-state index contributed by atoms with van der Waals surface area (Å²) in [6.45, 7) is 0. The smallest absolute Gasteiger partial charge is 0.119 e. The Morgan fingerprint density at radius 2 is 1.88 bits per heavy atom. The largest absolute Gasteiger partial charge is 0.497 e. The van der Waals surface area contributed by atoms with Crippen LogP contribution < -0.4 is 4.74 Å². The summed E-state index contributed by atoms with van der Waals surface area (Å²) in [7, 11) is 1.65. The highest BCUT2D eigenvalue weighted by Gasteiger charge is 2.08. The van der Waals surface area contributed by atoms with Gasteiger partial charge in [-0.3, -0.25) is 0 Å². The van der Waals surface area contributed by atoms with Crippen molar-refractivity contribution in [3.8, 4) is 22.9 Å². The normalized spacial score (nSPS) is 9.71. The Hall–Kier alpha value is -1.54. The fraction of sp³-hybridized carbons (Fsp3) is 0.0714. The number of nitrogens with zero attached hydrogens (tertiary/aromatic N) is 1. The Labute approximate surface area is 114 Å². The van der Waals surface area contributed by atoms with Crippen LogP contribution in [0.5, 0.6) is 5.75 Å². The molecule has 0 aliphatic carbocycles. The fourth-order valence-corrected chi connectivity index (χ4v) is 2.43. The van der Waals surface area contributed by atoms with Gasteiger partial charge in [0.1, 0.15) is 5.75 Å². The highest BCUT2D eigenvalue weighted by molar-refractivity contribution is 14.1. The highest BCUT2D eigenvalue weighted by Crippen LogP contribution is 2.30. The molecule has 0 bridgehead atoms. The van der Waals surface area contributed by atoms with Crippen molar-refractivity contribution < 1.29 is 4.74 Å². The van der Waals surface area contributed by atoms with Crippen molar-refractivity contribution in [3.05, 3.63) is 51.6 Å². The van der Waals surface area contributed by atoms with Crippen molar-refractivity contribution in [2.45, 2.75) is 0 Å². The molecule has 2 aromatic rings. The zero-order valence-electron chi connectivity index (χ0n) is 9.27. The van der Waals surface area contributed by atoms with Gasteiger partial charge in [-0.25, -0.2) is 0 Å². The molecule has 17 heavy (non-hydrogen) atoms. The van der Waals surface area contributed by atoms with E-state index in [1.807, 2.05) is 42.5 Å². The summed E-state index contributed by atoms with van der Waals surface area (Å²) in [5.41, 5.74) is 2.71. The van der Waals surface area contributed by atoms with Crippen LogP contribution in [0.15, 0.2) is 42.5 Å². The molecule has 0 saturated heterocycles. The molecular formula is C14H10INO. The lowest BCUT2D eigenvalue weighted by molar-refractivity contribution is 0.414. The molecule has 84 valence electrons. The standard InChI is InChI=1S/C14H10INO/c1-17-11-6-7-13(14(15)8-11)12-5-3-2-4-10(12)9-16/h2-8H,1H3. The minimum Gasteiger partial charge on any atom is -0.497 e. The molecule has 0 unspecified atom stereocenters. The van der Waals surface area contributed by atoms with E-state index in [0.29, 0.717) is 5.56 Å². The van der Waals surface area contributed by atoms with E-state index < -0.39 is 0 Å². The minimum absolute atomic E-state index is 0.690. The van der Waals surface area contributed by atoms with Crippen LogP contribution >= 0.6 is 22.6 Å². The quantitative estimate of drug-likeness (QED) is 0.782. The van der Waals surface area contributed by atoms with E-state index in [1.165, 1.54) is 0 Å². The molecular weight excluding hydrogens is 325 g/mol. The molecule has 3 heteroatoms. The van der Waals surface area contributed by atoms with Crippen molar-refractivity contribution >= 4 is 22.6 Å². The molecule has 0 aliphatic heterocycles. The number of halogens is 1. The van der Waals surface area contributed by atoms with Gasteiger partial charge < -0.3 is 4.74 Å². The molecule has 0 heterocycles. The van der Waals surface area contributed by atoms with E-state index in [1.54, 1.807) is 7.11 Å². The molecule has 0 saturated carbocycles. The first kappa shape index (κ1) is 11.9. The Morgan fingerprint density at radius 3 is 2.53 bits per heavy atom. The first-order chi connectivity index (χ1) is 8.26. The Balaban J connectivity index is 2.58. The van der Waals surface area contributed by atoms with Crippen molar-refractivity contribution in [3.63, 3.8) is 0 Å². The fourth-order valence-electron chi connectivity index (χ4n) is 1.66. The Kier molecular flexibility index (Phi) is 3.64. The van der Waals surface area contributed by atoms with Crippen LogP contribution in [-0.4, -0.2) is 7.11 Å². The topological polar surface area (TPSA) is 33.0 Å². The molecule has 0 aromatic heterocycles. The predicted molar refractivity (Wildman–Crippen MR) is 75.9 cm³/mol. The van der Waals surface area contributed by atoms with Gasteiger partial charge in [-0.2, -0.15) is 5.26 Å². The number of methoxy groups -OCH3 is 1. The second kappa shape index (κ2) is 5.19. The average molecular weight is 335 g/mol. The van der Waals surface area contributed by atoms with Gasteiger partial charge in [-0.05, 0) is 52.4 Å². The molecule has 2 aromatic carbocycles. The van der Waals surface area contributed by atoms with Crippen LogP contribution in [0.25, 0.3) is 11.1 Å². The third-order valence-corrected chi connectivity index (χ3v) is 3.41. The Morgan fingerprint density at radius 1 is 1.12 bits per heavy atom. The average Bonchev–Trinajstić information content (AvgIpc) is 2.38. The second-order valence-electron chi connectivity index (χ2n) is 3.50. The summed E-state index contributed by atoms with van der Waals surface area (Å²) in [5, 5.41) is 9.09. The third kappa shape index (κ3) is 2.42. The molecule has 0 spiro atoms. The number of ether oxygens (including phenoxy) is 1. The van der Waals surface area contributed by atoms with Gasteiger partial charge in [0.05, 0.1) is 18.7 Å². The van der Waals surface area contributed by atoms with Crippen LogP contribution in [0.1, 0.15) is 5.56 Å². The zero-order valence-corrected chi connectivity index (χ0v) is 11.4. The van der Waals surface area contributed by atoms with Gasteiger partial charge in [0.2, 0.25) is 0 Å². The van der Waals surface area contributed by atoms with Gasteiger partial charge in [0, 0.05) is 9.13 Å². The molecule has 0 amide bonds. The SMILES string of the molecule is COc1ccc(-c2ccccc2C#N)c(I)c1. The van der Waals surface area contributed by atoms with Crippen molar-refractivity contribution in [2.75, 3.05) is 7.11 Å². The van der Waals surface area contributed by atoms with Crippen LogP contribution in [0.2, 0.25) is 0 Å². The molecule has 0 aliphatic rings. The van der Waals surface area contributed by atoms with Gasteiger partial charge in [0.25, 0.3) is 0 Å². The predicted octanol–water partition coefficient (Wildman–Crippen LogP) is 3.84. The number of hydrogen-bond acceptors (Lipinski definition) is 2. The summed E-state index contributed by atoms with van der Waals surface area (Å²) >= 11 is 2.26. The highest BCUT2D eigenvalue weighted by atomic mass is 127. The maximum Gasteiger partial charge on any atom is 0.119 e. The number of hydrogen-bond donors (Lipinski definition) is 0. The van der Waals surface area contributed by atoms with Gasteiger partial charge in [-0.15, -0.1) is 0 Å². The third-order valence-electron chi connectivity index (χ3n) is 2.51. The lowest BCUT2D eigenvalue weighted by atomic mass is 10.0. The number of nitriles is 1. The molecule has 2 nitrogen and oxygen atoms in total. The first-order valence-corrected chi connectivity index (χ1v) is 6.17. The van der Waals surface area contributed by atoms with Crippen LogP contribution in [0.3, 0.4) is 0 Å². The van der Waals surface area contributed by atoms with Crippen LogP contribution in [0.4, 0.5) is 0 Å². The van der Waals surface area contributed by atoms with E-state index in [2.05, 4.69) is 28.7 Å². The van der Waals surface area contributed by atoms with Crippen molar-refractivity contribution in [1.29, 1.82) is 5.26 Å². The first-order valence-electron chi connectivity index (χ1n) is 5.09. The summed E-state index contributed by atoms with van der Waals surface area (Å²) < 4.78 is 6.25. The maximum absolute atomic E-state index is 9.09. The maximum atomic E-state index is 9.09. The van der Waals surface area contributed by atoms with E-state index in [9.17, 15) is 0 Å². The van der Waals surface area contributed by atoms with Crippen molar-refractivity contribution in [2.24, 2.45) is 0 Å². The summed E-state index contributed by atoms with van der Waals surface area (Å²) in [6.07, 6.45) is 0. The van der Waals surface area contributed by atoms with E-state index in [-0.39, 0.29) is 0 Å². The van der Waals surface area contributed by atoms with E-state index >= 15 is 0 Å². The molecule has 0 atom stereocenters. The van der Waals surface area contributed by atoms with Crippen molar-refractivity contribution in [1.82, 2.24) is 0 Å². The van der Waals surface area contributed by atoms with Crippen LogP contribution in [0, 0.1) is 14.9 Å². The van der Waals surface area contributed by atoms with Gasteiger partial charge in [0.15, 0.2) is 0 Å². The number of benzene rings is 2. The zero-order chi connectivity index (χ0) is 12.3. The number of rotatable bonds is 2. The monoisotopic (exact) mass is 335 g/mol. The lowest BCUT2D eigenvalue weighted by Crippen LogP contribution is -1.89. The van der Waals surface area contributed by atoms with E-state index in [4.69, 9.17) is 10.00 Å². The summed E-state index contributed by atoms with van der Waals surface area (Å²) in [4.78, 5) is 0. The molecule has 0 N–H and O–H groups in total.